The summed E-state index contributed by atoms with van der Waals surface area (Å²) in [5, 5.41) is 3.62. The van der Waals surface area contributed by atoms with E-state index in [-0.39, 0.29) is 24.5 Å². The highest BCUT2D eigenvalue weighted by Gasteiger charge is 2.34. The van der Waals surface area contributed by atoms with Gasteiger partial charge in [-0.2, -0.15) is 8.78 Å². The molecule has 1 aromatic rings. The largest absolute Gasteiger partial charge is 0.314 e. The summed E-state index contributed by atoms with van der Waals surface area (Å²) in [5.41, 5.74) is 0.0282. The monoisotopic (exact) mass is 296 g/mol. The molecule has 0 radical (unpaired) electrons. The van der Waals surface area contributed by atoms with Crippen LogP contribution in [0, 0.1) is 0 Å². The second-order valence-electron chi connectivity index (χ2n) is 4.24. The molecule has 2 nitrogen and oxygen atoms in total. The number of hydrogen-bond acceptors (Lipinski definition) is 2. The second kappa shape index (κ2) is 6.66. The number of hydrogen-bond donors (Lipinski definition) is 1. The highest BCUT2D eigenvalue weighted by molar-refractivity contribution is 6.30. The summed E-state index contributed by atoms with van der Waals surface area (Å²) < 4.78 is 27.9. The van der Waals surface area contributed by atoms with Crippen LogP contribution in [-0.2, 0) is 5.92 Å². The zero-order valence-corrected chi connectivity index (χ0v) is 11.4. The second-order valence-corrected chi connectivity index (χ2v) is 4.67. The third kappa shape index (κ3) is 4.05. The number of nitrogens with one attached hydrogen (secondary N) is 1. The van der Waals surface area contributed by atoms with Crippen LogP contribution in [0.1, 0.15) is 5.56 Å². The first kappa shape index (κ1) is 15.6. The molecule has 0 aliphatic carbocycles. The van der Waals surface area contributed by atoms with Crippen molar-refractivity contribution in [3.8, 4) is 0 Å². The Morgan fingerprint density at radius 1 is 1.17 bits per heavy atom. The van der Waals surface area contributed by atoms with Gasteiger partial charge in [-0.05, 0) is 12.1 Å². The average Bonchev–Trinajstić information content (AvgIpc) is 2.30. The molecule has 1 aromatic carbocycles. The van der Waals surface area contributed by atoms with E-state index >= 15 is 0 Å². The van der Waals surface area contributed by atoms with E-state index in [2.05, 4.69) is 5.32 Å². The Balaban J connectivity index is 0.00000162. The topological polar surface area (TPSA) is 15.3 Å². The Morgan fingerprint density at radius 3 is 2.28 bits per heavy atom. The molecule has 0 bridgehead atoms. The van der Waals surface area contributed by atoms with E-state index in [1.807, 2.05) is 0 Å². The lowest BCUT2D eigenvalue weighted by Gasteiger charge is -2.30. The lowest BCUT2D eigenvalue weighted by atomic mass is 10.1. The Morgan fingerprint density at radius 2 is 1.72 bits per heavy atom. The predicted molar refractivity (Wildman–Crippen MR) is 71.9 cm³/mol. The maximum Gasteiger partial charge on any atom is 0.285 e. The van der Waals surface area contributed by atoms with Crippen molar-refractivity contribution < 1.29 is 8.78 Å². The molecule has 0 saturated carbocycles. The summed E-state index contributed by atoms with van der Waals surface area (Å²) in [6, 6.07) is 5.79. The molecule has 1 saturated heterocycles. The van der Waals surface area contributed by atoms with Crippen LogP contribution >= 0.6 is 24.0 Å². The van der Waals surface area contributed by atoms with E-state index in [0.29, 0.717) is 18.1 Å². The van der Waals surface area contributed by atoms with Gasteiger partial charge in [0, 0.05) is 36.8 Å². The normalized spacial score (nSPS) is 17.3. The number of rotatable bonds is 3. The molecular weight excluding hydrogens is 281 g/mol. The first-order valence-corrected chi connectivity index (χ1v) is 6.03. The number of alkyl halides is 2. The fourth-order valence-corrected chi connectivity index (χ4v) is 2.06. The summed E-state index contributed by atoms with van der Waals surface area (Å²) in [6.07, 6.45) is 0. The number of piperazine rings is 1. The van der Waals surface area contributed by atoms with Gasteiger partial charge in [0.1, 0.15) is 0 Å². The lowest BCUT2D eigenvalue weighted by Crippen LogP contribution is -2.47. The molecule has 0 amide bonds. The van der Waals surface area contributed by atoms with Gasteiger partial charge in [0.2, 0.25) is 0 Å². The lowest BCUT2D eigenvalue weighted by molar-refractivity contribution is -0.0400. The van der Waals surface area contributed by atoms with E-state index in [9.17, 15) is 8.78 Å². The van der Waals surface area contributed by atoms with Gasteiger partial charge in [-0.15, -0.1) is 12.4 Å². The number of halogens is 4. The highest BCUT2D eigenvalue weighted by atomic mass is 35.5. The van der Waals surface area contributed by atoms with E-state index < -0.39 is 5.92 Å². The zero-order chi connectivity index (χ0) is 12.3. The molecule has 0 spiro atoms. The van der Waals surface area contributed by atoms with Gasteiger partial charge >= 0.3 is 0 Å². The van der Waals surface area contributed by atoms with Crippen molar-refractivity contribution in [2.75, 3.05) is 32.7 Å². The summed E-state index contributed by atoms with van der Waals surface area (Å²) in [6.45, 7) is 2.66. The standard InChI is InChI=1S/C12H15ClF2N2.ClH/c13-11-3-1-10(2-4-11)12(14,15)9-17-7-5-16-6-8-17;/h1-4,16H,5-9H2;1H. The summed E-state index contributed by atoms with van der Waals surface area (Å²) in [4.78, 5) is 1.78. The van der Waals surface area contributed by atoms with E-state index in [0.717, 1.165) is 13.1 Å². The van der Waals surface area contributed by atoms with Crippen LogP contribution in [-0.4, -0.2) is 37.6 Å². The molecule has 1 fully saturated rings. The fourth-order valence-electron chi connectivity index (χ4n) is 1.94. The Kier molecular flexibility index (Phi) is 5.79. The van der Waals surface area contributed by atoms with Crippen LogP contribution < -0.4 is 5.32 Å². The van der Waals surface area contributed by atoms with Crippen molar-refractivity contribution in [1.29, 1.82) is 0 Å². The molecule has 1 aliphatic rings. The molecule has 1 aliphatic heterocycles. The van der Waals surface area contributed by atoms with Crippen molar-refractivity contribution in [1.82, 2.24) is 10.2 Å². The molecule has 18 heavy (non-hydrogen) atoms. The van der Waals surface area contributed by atoms with Crippen LogP contribution in [0.25, 0.3) is 0 Å². The Hall–Kier alpha value is -0.420. The average molecular weight is 297 g/mol. The van der Waals surface area contributed by atoms with Gasteiger partial charge in [-0.25, -0.2) is 0 Å². The van der Waals surface area contributed by atoms with Crippen molar-refractivity contribution >= 4 is 24.0 Å². The summed E-state index contributed by atoms with van der Waals surface area (Å²) in [5.74, 6) is -2.82. The van der Waals surface area contributed by atoms with Crippen LogP contribution in [0.3, 0.4) is 0 Å². The van der Waals surface area contributed by atoms with Crippen molar-refractivity contribution in [3.63, 3.8) is 0 Å². The van der Waals surface area contributed by atoms with Gasteiger partial charge < -0.3 is 5.32 Å². The minimum atomic E-state index is -2.82. The van der Waals surface area contributed by atoms with Gasteiger partial charge in [-0.3, -0.25) is 4.90 Å². The van der Waals surface area contributed by atoms with Crippen LogP contribution in [0.15, 0.2) is 24.3 Å². The predicted octanol–water partition coefficient (Wildman–Crippen LogP) is 2.76. The Bertz CT molecular complexity index is 365. The quantitative estimate of drug-likeness (QED) is 0.923. The van der Waals surface area contributed by atoms with Crippen molar-refractivity contribution in [2.24, 2.45) is 0 Å². The first-order valence-electron chi connectivity index (χ1n) is 5.65. The minimum absolute atomic E-state index is 0. The van der Waals surface area contributed by atoms with Crippen molar-refractivity contribution in [2.45, 2.75) is 5.92 Å². The number of nitrogens with zero attached hydrogens (tertiary/aromatic N) is 1. The minimum Gasteiger partial charge on any atom is -0.314 e. The van der Waals surface area contributed by atoms with Crippen LogP contribution in [0.2, 0.25) is 5.02 Å². The first-order chi connectivity index (χ1) is 8.08. The molecule has 0 unspecified atom stereocenters. The molecular formula is C12H16Cl2F2N2. The molecule has 6 heteroatoms. The van der Waals surface area contributed by atoms with E-state index in [1.165, 1.54) is 24.3 Å². The van der Waals surface area contributed by atoms with Crippen LogP contribution in [0.5, 0.6) is 0 Å². The zero-order valence-electron chi connectivity index (χ0n) is 9.83. The molecule has 0 aromatic heterocycles. The molecule has 2 rings (SSSR count). The van der Waals surface area contributed by atoms with Gasteiger partial charge in [0.25, 0.3) is 5.92 Å². The third-order valence-electron chi connectivity index (χ3n) is 2.90. The van der Waals surface area contributed by atoms with Gasteiger partial charge in [-0.1, -0.05) is 23.7 Å². The summed E-state index contributed by atoms with van der Waals surface area (Å²) >= 11 is 5.69. The van der Waals surface area contributed by atoms with Crippen molar-refractivity contribution in [3.05, 3.63) is 34.9 Å². The highest BCUT2D eigenvalue weighted by Crippen LogP contribution is 2.29. The SMILES string of the molecule is Cl.FC(F)(CN1CCNCC1)c1ccc(Cl)cc1. The molecule has 1 N–H and O–H groups in total. The van der Waals surface area contributed by atoms with E-state index in [1.54, 1.807) is 4.90 Å². The Labute approximate surface area is 117 Å². The van der Waals surface area contributed by atoms with E-state index in [4.69, 9.17) is 11.6 Å². The molecule has 0 atom stereocenters. The van der Waals surface area contributed by atoms with Crippen LogP contribution in [0.4, 0.5) is 8.78 Å². The molecule has 102 valence electrons. The summed E-state index contributed by atoms with van der Waals surface area (Å²) in [7, 11) is 0. The van der Waals surface area contributed by atoms with Gasteiger partial charge in [0.15, 0.2) is 0 Å². The van der Waals surface area contributed by atoms with Gasteiger partial charge in [0.05, 0.1) is 6.54 Å². The number of benzene rings is 1. The molecule has 1 heterocycles. The fraction of sp³-hybridized carbons (Fsp3) is 0.500. The third-order valence-corrected chi connectivity index (χ3v) is 3.15. The maximum atomic E-state index is 14.0. The maximum absolute atomic E-state index is 14.0. The smallest absolute Gasteiger partial charge is 0.285 e.